The van der Waals surface area contributed by atoms with E-state index < -0.39 is 59.8 Å². The lowest BCUT2D eigenvalue weighted by atomic mass is 9.80. The highest BCUT2D eigenvalue weighted by atomic mass is 16.7. The van der Waals surface area contributed by atoms with Gasteiger partial charge in [-0.15, -0.1) is 0 Å². The first-order valence-electron chi connectivity index (χ1n) is 16.7. The summed E-state index contributed by atoms with van der Waals surface area (Å²) in [5.41, 5.74) is 1.66. The number of carbonyl (C=O) groups excluding carboxylic acids is 3. The fourth-order valence-electron chi connectivity index (χ4n) is 6.57. The Morgan fingerprint density at radius 3 is 1.67 bits per heavy atom. The molecule has 0 spiro atoms. The summed E-state index contributed by atoms with van der Waals surface area (Å²) >= 11 is 0. The lowest BCUT2D eigenvalue weighted by Gasteiger charge is -2.45. The van der Waals surface area contributed by atoms with E-state index in [1.54, 1.807) is 19.1 Å². The smallest absolute Gasteiger partial charge is 0.336 e. The minimum Gasteiger partial charge on any atom is -0.461 e. The molecule has 11 nitrogen and oxygen atoms in total. The maximum Gasteiger partial charge on any atom is 0.336 e. The molecule has 0 saturated carbocycles. The molecule has 5 atom stereocenters. The van der Waals surface area contributed by atoms with E-state index in [0.717, 1.165) is 16.7 Å². The Morgan fingerprint density at radius 2 is 1.15 bits per heavy atom. The fraction of sp³-hybridized carbons (Fsp3) is 0.268. The van der Waals surface area contributed by atoms with Crippen LogP contribution in [0.25, 0.3) is 11.0 Å². The number of esters is 3. The largest absolute Gasteiger partial charge is 0.461 e. The molecule has 0 bridgehead atoms. The molecular formula is C41H38O11. The molecule has 1 aliphatic heterocycles. The Hall–Kier alpha value is -5.78. The molecule has 1 saturated heterocycles. The van der Waals surface area contributed by atoms with Crippen molar-refractivity contribution in [2.45, 2.75) is 64.0 Å². The van der Waals surface area contributed by atoms with E-state index in [1.165, 1.54) is 32.9 Å². The molecule has 4 aromatic carbocycles. The zero-order chi connectivity index (χ0) is 36.8. The first-order valence-corrected chi connectivity index (χ1v) is 16.7. The highest BCUT2D eigenvalue weighted by Crippen LogP contribution is 2.42. The molecule has 1 aliphatic rings. The molecule has 268 valence electrons. The number of carbonyl (C=O) groups is 3. The van der Waals surface area contributed by atoms with Crippen molar-refractivity contribution in [1.82, 2.24) is 0 Å². The van der Waals surface area contributed by atoms with Crippen molar-refractivity contribution in [3.63, 3.8) is 0 Å². The molecule has 1 unspecified atom stereocenters. The van der Waals surface area contributed by atoms with Gasteiger partial charge in [-0.1, -0.05) is 91.0 Å². The Bertz CT molecular complexity index is 1980. The number of rotatable bonds is 11. The van der Waals surface area contributed by atoms with E-state index >= 15 is 0 Å². The molecule has 0 aliphatic carbocycles. The van der Waals surface area contributed by atoms with Crippen LogP contribution in [0.1, 0.15) is 43.0 Å². The third-order valence-electron chi connectivity index (χ3n) is 8.68. The van der Waals surface area contributed by atoms with E-state index in [9.17, 15) is 19.2 Å². The van der Waals surface area contributed by atoms with Gasteiger partial charge in [0.2, 0.25) is 12.4 Å². The Balaban J connectivity index is 1.45. The minimum atomic E-state index is -1.41. The van der Waals surface area contributed by atoms with Crippen molar-refractivity contribution in [3.8, 4) is 5.75 Å². The lowest BCUT2D eigenvalue weighted by molar-refractivity contribution is -0.292. The zero-order valence-corrected chi connectivity index (χ0v) is 29.1. The van der Waals surface area contributed by atoms with Gasteiger partial charge in [-0.25, -0.2) is 4.79 Å². The first-order chi connectivity index (χ1) is 25.0. The predicted octanol–water partition coefficient (Wildman–Crippen LogP) is 6.01. The second-order valence-corrected chi connectivity index (χ2v) is 12.4. The van der Waals surface area contributed by atoms with Crippen molar-refractivity contribution in [2.75, 3.05) is 6.61 Å². The maximum atomic E-state index is 12.6. The van der Waals surface area contributed by atoms with Gasteiger partial charge in [0.25, 0.3) is 0 Å². The van der Waals surface area contributed by atoms with Crippen LogP contribution in [-0.2, 0) is 43.7 Å². The molecule has 0 amide bonds. The first kappa shape index (κ1) is 36.0. The van der Waals surface area contributed by atoms with Crippen molar-refractivity contribution < 1.29 is 47.2 Å². The second kappa shape index (κ2) is 15.6. The van der Waals surface area contributed by atoms with Crippen LogP contribution < -0.4 is 10.4 Å². The highest BCUT2D eigenvalue weighted by molar-refractivity contribution is 5.81. The summed E-state index contributed by atoms with van der Waals surface area (Å²) in [6, 6.07) is 35.2. The van der Waals surface area contributed by atoms with Crippen LogP contribution in [-0.4, -0.2) is 55.2 Å². The number of fused-ring (bicyclic) bond motifs is 1. The summed E-state index contributed by atoms with van der Waals surface area (Å²) in [7, 11) is 0. The van der Waals surface area contributed by atoms with Crippen LogP contribution >= 0.6 is 0 Å². The summed E-state index contributed by atoms with van der Waals surface area (Å²) < 4.78 is 42.4. The van der Waals surface area contributed by atoms with E-state index in [-0.39, 0.29) is 17.9 Å². The average Bonchev–Trinajstić information content (AvgIpc) is 3.12. The van der Waals surface area contributed by atoms with Gasteiger partial charge in [-0.05, 0) is 41.3 Å². The predicted molar refractivity (Wildman–Crippen MR) is 188 cm³/mol. The zero-order valence-electron chi connectivity index (χ0n) is 29.1. The third-order valence-corrected chi connectivity index (χ3v) is 8.68. The van der Waals surface area contributed by atoms with E-state index in [4.69, 9.17) is 32.8 Å². The molecule has 0 radical (unpaired) electrons. The highest BCUT2D eigenvalue weighted by Gasteiger charge is 2.54. The van der Waals surface area contributed by atoms with Gasteiger partial charge in [0.05, 0.1) is 6.61 Å². The molecule has 0 N–H and O–H groups in total. The van der Waals surface area contributed by atoms with Gasteiger partial charge < -0.3 is 32.8 Å². The van der Waals surface area contributed by atoms with Gasteiger partial charge in [0, 0.05) is 38.3 Å². The normalized spacial score (nSPS) is 20.1. The summed E-state index contributed by atoms with van der Waals surface area (Å²) in [5.74, 6) is -1.96. The van der Waals surface area contributed by atoms with E-state index in [1.807, 2.05) is 91.0 Å². The van der Waals surface area contributed by atoms with Crippen molar-refractivity contribution in [2.24, 2.45) is 0 Å². The van der Waals surface area contributed by atoms with Gasteiger partial charge in [-0.2, -0.15) is 0 Å². The number of hydrogen-bond donors (Lipinski definition) is 0. The van der Waals surface area contributed by atoms with Gasteiger partial charge >= 0.3 is 23.5 Å². The van der Waals surface area contributed by atoms with Crippen LogP contribution in [0.3, 0.4) is 0 Å². The molecular weight excluding hydrogens is 668 g/mol. The minimum absolute atomic E-state index is 0.197. The topological polar surface area (TPSA) is 137 Å². The second-order valence-electron chi connectivity index (χ2n) is 12.4. The quantitative estimate of drug-likeness (QED) is 0.0692. The molecule has 11 heteroatoms. The molecule has 6 rings (SSSR count). The standard InChI is InChI=1S/C41H38O11/c1-25-22-36(45)51-34-23-32(20-21-33(25)34)50-40-39(49-28(4)44)38(48-27(3)43)37(47-26(2)42)35(52-40)24-46-41(29-14-8-5-9-15-29,30-16-10-6-11-17-30)31-18-12-7-13-19-31/h5-23,35,37-40H,24H2,1-4H3/t35?,37-,38+,39+,40-/m1/s1. The van der Waals surface area contributed by atoms with Crippen molar-refractivity contribution in [3.05, 3.63) is 148 Å². The Kier molecular flexibility index (Phi) is 10.8. The van der Waals surface area contributed by atoms with Gasteiger partial charge in [0.15, 0.2) is 12.2 Å². The molecule has 1 aromatic heterocycles. The van der Waals surface area contributed by atoms with Crippen LogP contribution in [0.5, 0.6) is 5.75 Å². The number of hydrogen-bond acceptors (Lipinski definition) is 11. The summed E-state index contributed by atoms with van der Waals surface area (Å²) in [4.78, 5) is 49.8. The van der Waals surface area contributed by atoms with Crippen molar-refractivity contribution >= 4 is 28.9 Å². The SMILES string of the molecule is CC(=O)O[C@@H]1[C@H](Oc2ccc3c(C)cc(=O)oc3c2)OC(COC(c2ccccc2)(c2ccccc2)c2ccccc2)[C@@H](OC(C)=O)[C@@H]1OC(C)=O. The van der Waals surface area contributed by atoms with Gasteiger partial charge in [-0.3, -0.25) is 14.4 Å². The Labute approximate surface area is 300 Å². The Morgan fingerprint density at radius 1 is 0.654 bits per heavy atom. The van der Waals surface area contributed by atoms with Gasteiger partial charge in [0.1, 0.15) is 23.0 Å². The van der Waals surface area contributed by atoms with Crippen LogP contribution in [0, 0.1) is 6.92 Å². The average molecular weight is 707 g/mol. The summed E-state index contributed by atoms with van der Waals surface area (Å²) in [5, 5.41) is 0.686. The molecule has 1 fully saturated rings. The molecule has 5 aromatic rings. The van der Waals surface area contributed by atoms with Crippen LogP contribution in [0.15, 0.2) is 124 Å². The van der Waals surface area contributed by atoms with Crippen molar-refractivity contribution in [1.29, 1.82) is 0 Å². The number of ether oxygens (including phenoxy) is 6. The number of aryl methyl sites for hydroxylation is 1. The lowest BCUT2D eigenvalue weighted by Crippen LogP contribution is -2.63. The molecule has 2 heterocycles. The number of benzene rings is 4. The van der Waals surface area contributed by atoms with E-state index in [2.05, 4.69) is 0 Å². The maximum absolute atomic E-state index is 12.6. The van der Waals surface area contributed by atoms with Crippen LogP contribution in [0.2, 0.25) is 0 Å². The fourth-order valence-corrected chi connectivity index (χ4v) is 6.57. The van der Waals surface area contributed by atoms with E-state index in [0.29, 0.717) is 10.9 Å². The summed E-state index contributed by atoms with van der Waals surface area (Å²) in [6.45, 7) is 5.13. The molecule has 52 heavy (non-hydrogen) atoms. The third kappa shape index (κ3) is 7.75. The van der Waals surface area contributed by atoms with Crippen LogP contribution in [0.4, 0.5) is 0 Å². The monoisotopic (exact) mass is 706 g/mol. The summed E-state index contributed by atoms with van der Waals surface area (Å²) in [6.07, 6.45) is -6.63.